The van der Waals surface area contributed by atoms with Crippen LogP contribution < -0.4 is 11.1 Å². The molecule has 0 amide bonds. The van der Waals surface area contributed by atoms with E-state index in [9.17, 15) is 0 Å². The Balaban J connectivity index is 1.99. The molecule has 0 spiro atoms. The predicted octanol–water partition coefficient (Wildman–Crippen LogP) is 4.41. The molecule has 0 radical (unpaired) electrons. The van der Waals surface area contributed by atoms with E-state index in [1.807, 2.05) is 18.2 Å². The Morgan fingerprint density at radius 2 is 1.95 bits per heavy atom. The Morgan fingerprint density at radius 1 is 1.24 bits per heavy atom. The molecule has 1 unspecified atom stereocenters. The van der Waals surface area contributed by atoms with E-state index >= 15 is 0 Å². The van der Waals surface area contributed by atoms with E-state index in [-0.39, 0.29) is 0 Å². The molecule has 0 aliphatic heterocycles. The Bertz CT molecular complexity index is 613. The van der Waals surface area contributed by atoms with E-state index in [2.05, 4.69) is 36.5 Å². The maximum Gasteiger partial charge on any atom is 0.106 e. The van der Waals surface area contributed by atoms with Crippen LogP contribution in [0.1, 0.15) is 24.5 Å². The van der Waals surface area contributed by atoms with Crippen molar-refractivity contribution in [3.8, 4) is 0 Å². The first-order valence-corrected chi connectivity index (χ1v) is 7.74. The fourth-order valence-electron chi connectivity index (χ4n) is 2.21. The lowest BCUT2D eigenvalue weighted by Crippen LogP contribution is -2.20. The molecular formula is C17H19ClN2S. The zero-order valence-electron chi connectivity index (χ0n) is 12.0. The van der Waals surface area contributed by atoms with Gasteiger partial charge in [-0.2, -0.15) is 0 Å². The van der Waals surface area contributed by atoms with Crippen LogP contribution in [0.3, 0.4) is 0 Å². The Hall–Kier alpha value is -1.58. The third kappa shape index (κ3) is 4.73. The van der Waals surface area contributed by atoms with Crippen molar-refractivity contribution in [2.45, 2.75) is 25.8 Å². The highest BCUT2D eigenvalue weighted by Crippen LogP contribution is 2.22. The lowest BCUT2D eigenvalue weighted by atomic mass is 10.1. The zero-order chi connectivity index (χ0) is 15.2. The Morgan fingerprint density at radius 3 is 2.62 bits per heavy atom. The fourth-order valence-corrected chi connectivity index (χ4v) is 2.55. The summed E-state index contributed by atoms with van der Waals surface area (Å²) in [4.78, 5) is 0.357. The molecule has 2 aromatic rings. The maximum atomic E-state index is 6.00. The first-order chi connectivity index (χ1) is 10.1. The number of nitrogens with two attached hydrogens (primary N) is 1. The van der Waals surface area contributed by atoms with Gasteiger partial charge in [-0.3, -0.25) is 0 Å². The molecule has 0 aromatic heterocycles. The van der Waals surface area contributed by atoms with Gasteiger partial charge in [0.05, 0.1) is 0 Å². The second kappa shape index (κ2) is 7.43. The first-order valence-electron chi connectivity index (χ1n) is 6.96. The molecule has 4 heteroatoms. The third-order valence-electron chi connectivity index (χ3n) is 3.36. The highest BCUT2D eigenvalue weighted by atomic mass is 35.5. The zero-order valence-corrected chi connectivity index (χ0v) is 13.5. The predicted molar refractivity (Wildman–Crippen MR) is 95.2 cm³/mol. The highest BCUT2D eigenvalue weighted by Gasteiger charge is 2.09. The van der Waals surface area contributed by atoms with Crippen molar-refractivity contribution in [3.05, 3.63) is 64.7 Å². The van der Waals surface area contributed by atoms with Gasteiger partial charge >= 0.3 is 0 Å². The van der Waals surface area contributed by atoms with Gasteiger partial charge in [-0.05, 0) is 43.5 Å². The number of halogens is 1. The number of hydrogen-bond acceptors (Lipinski definition) is 2. The standard InChI is InChI=1S/C17H19ClN2S/c1-12(7-8-13-5-3-2-4-6-13)20-16-10-9-14(18)11-15(16)17(19)21/h2-6,9-12,20H,7-8H2,1H3,(H2,19,21). The van der Waals surface area contributed by atoms with E-state index in [1.165, 1.54) is 5.56 Å². The van der Waals surface area contributed by atoms with Gasteiger partial charge in [0.15, 0.2) is 0 Å². The lowest BCUT2D eigenvalue weighted by molar-refractivity contribution is 0.706. The van der Waals surface area contributed by atoms with Crippen molar-refractivity contribution in [1.82, 2.24) is 0 Å². The summed E-state index contributed by atoms with van der Waals surface area (Å²) >= 11 is 11.1. The minimum absolute atomic E-state index is 0.319. The summed E-state index contributed by atoms with van der Waals surface area (Å²) in [5, 5.41) is 4.10. The molecule has 0 aliphatic carbocycles. The molecule has 0 saturated heterocycles. The van der Waals surface area contributed by atoms with Crippen LogP contribution in [-0.4, -0.2) is 11.0 Å². The molecule has 0 saturated carbocycles. The molecule has 2 aromatic carbocycles. The van der Waals surface area contributed by atoms with Crippen LogP contribution in [0, 0.1) is 0 Å². The van der Waals surface area contributed by atoms with Crippen LogP contribution >= 0.6 is 23.8 Å². The number of benzene rings is 2. The SMILES string of the molecule is CC(CCc1ccccc1)Nc1ccc(Cl)cc1C(N)=S. The largest absolute Gasteiger partial charge is 0.389 e. The summed E-state index contributed by atoms with van der Waals surface area (Å²) in [5.41, 5.74) is 8.83. The van der Waals surface area contributed by atoms with Gasteiger partial charge < -0.3 is 11.1 Å². The van der Waals surface area contributed by atoms with Gasteiger partial charge in [0.25, 0.3) is 0 Å². The Kier molecular flexibility index (Phi) is 5.59. The minimum atomic E-state index is 0.319. The summed E-state index contributed by atoms with van der Waals surface area (Å²) in [6.45, 7) is 2.15. The van der Waals surface area contributed by atoms with Crippen molar-refractivity contribution in [2.75, 3.05) is 5.32 Å². The molecule has 0 aliphatic rings. The van der Waals surface area contributed by atoms with Gasteiger partial charge in [-0.25, -0.2) is 0 Å². The summed E-state index contributed by atoms with van der Waals surface area (Å²) in [6.07, 6.45) is 2.06. The second-order valence-corrected chi connectivity index (χ2v) is 6.00. The summed E-state index contributed by atoms with van der Waals surface area (Å²) in [6, 6.07) is 16.4. The monoisotopic (exact) mass is 318 g/mol. The van der Waals surface area contributed by atoms with Gasteiger partial charge in [0.2, 0.25) is 0 Å². The molecule has 0 bridgehead atoms. The van der Waals surface area contributed by atoms with E-state index in [1.54, 1.807) is 6.07 Å². The van der Waals surface area contributed by atoms with Crippen LogP contribution in [0.25, 0.3) is 0 Å². The minimum Gasteiger partial charge on any atom is -0.389 e. The summed E-state index contributed by atoms with van der Waals surface area (Å²) in [7, 11) is 0. The molecular weight excluding hydrogens is 300 g/mol. The average molecular weight is 319 g/mol. The van der Waals surface area contributed by atoms with Crippen LogP contribution in [0.2, 0.25) is 5.02 Å². The van der Waals surface area contributed by atoms with Crippen LogP contribution in [0.4, 0.5) is 5.69 Å². The molecule has 0 fully saturated rings. The molecule has 0 heterocycles. The van der Waals surface area contributed by atoms with E-state index in [0.29, 0.717) is 16.1 Å². The van der Waals surface area contributed by atoms with Gasteiger partial charge in [0, 0.05) is 22.3 Å². The smallest absolute Gasteiger partial charge is 0.106 e. The van der Waals surface area contributed by atoms with Crippen molar-refractivity contribution < 1.29 is 0 Å². The molecule has 110 valence electrons. The van der Waals surface area contributed by atoms with E-state index in [4.69, 9.17) is 29.6 Å². The second-order valence-electron chi connectivity index (χ2n) is 5.12. The van der Waals surface area contributed by atoms with Crippen molar-refractivity contribution in [1.29, 1.82) is 0 Å². The van der Waals surface area contributed by atoms with E-state index < -0.39 is 0 Å². The van der Waals surface area contributed by atoms with Crippen molar-refractivity contribution in [2.24, 2.45) is 5.73 Å². The summed E-state index contributed by atoms with van der Waals surface area (Å²) < 4.78 is 0. The molecule has 21 heavy (non-hydrogen) atoms. The Labute approximate surface area is 136 Å². The van der Waals surface area contributed by atoms with Crippen LogP contribution in [0.5, 0.6) is 0 Å². The number of hydrogen-bond donors (Lipinski definition) is 2. The number of thiocarbonyl (C=S) groups is 1. The number of rotatable bonds is 6. The van der Waals surface area contributed by atoms with E-state index in [0.717, 1.165) is 24.1 Å². The number of anilines is 1. The normalized spacial score (nSPS) is 11.9. The van der Waals surface area contributed by atoms with Crippen LogP contribution in [0.15, 0.2) is 48.5 Å². The summed E-state index contributed by atoms with van der Waals surface area (Å²) in [5.74, 6) is 0. The highest BCUT2D eigenvalue weighted by molar-refractivity contribution is 7.80. The molecule has 1 atom stereocenters. The van der Waals surface area contributed by atoms with Gasteiger partial charge in [0.1, 0.15) is 4.99 Å². The van der Waals surface area contributed by atoms with Crippen molar-refractivity contribution in [3.63, 3.8) is 0 Å². The van der Waals surface area contributed by atoms with Crippen molar-refractivity contribution >= 4 is 34.5 Å². The fraction of sp³-hybridized carbons (Fsp3) is 0.235. The van der Waals surface area contributed by atoms with Crippen LogP contribution in [-0.2, 0) is 6.42 Å². The molecule has 3 N–H and O–H groups in total. The maximum absolute atomic E-state index is 6.00. The topological polar surface area (TPSA) is 38.0 Å². The first kappa shape index (κ1) is 15.8. The molecule has 2 rings (SSSR count). The molecule has 2 nitrogen and oxygen atoms in total. The van der Waals surface area contributed by atoms with Gasteiger partial charge in [-0.15, -0.1) is 0 Å². The lowest BCUT2D eigenvalue weighted by Gasteiger charge is -2.18. The average Bonchev–Trinajstić information content (AvgIpc) is 2.48. The number of nitrogens with one attached hydrogen (secondary N) is 1. The third-order valence-corrected chi connectivity index (χ3v) is 3.81. The van der Waals surface area contributed by atoms with Gasteiger partial charge in [-0.1, -0.05) is 54.2 Å². The number of aryl methyl sites for hydroxylation is 1. The quantitative estimate of drug-likeness (QED) is 0.775.